The van der Waals surface area contributed by atoms with Gasteiger partial charge in [-0.05, 0) is 31.4 Å². The number of thiazole rings is 1. The number of anilines is 1. The monoisotopic (exact) mass is 465 g/mol. The Hall–Kier alpha value is -2.16. The lowest BCUT2D eigenvalue weighted by Crippen LogP contribution is -2.40. The minimum Gasteiger partial charge on any atom is -0.496 e. The third-order valence-corrected chi connectivity index (χ3v) is 6.75. The molecule has 0 amide bonds. The number of nitrogens with zero attached hydrogens (tertiary/aromatic N) is 3. The summed E-state index contributed by atoms with van der Waals surface area (Å²) in [7, 11) is 4.93. The average Bonchev–Trinajstić information content (AvgIpc) is 3.36. The lowest BCUT2D eigenvalue weighted by molar-refractivity contribution is 0.0843. The van der Waals surface area contributed by atoms with Crippen LogP contribution in [0.5, 0.6) is 17.4 Å². The molecule has 1 aliphatic rings. The minimum absolute atomic E-state index is 0.403. The zero-order valence-electron chi connectivity index (χ0n) is 18.3. The van der Waals surface area contributed by atoms with Crippen LogP contribution >= 0.6 is 22.9 Å². The van der Waals surface area contributed by atoms with Crippen LogP contribution in [0, 0.1) is 0 Å². The zero-order chi connectivity index (χ0) is 22.0. The van der Waals surface area contributed by atoms with Gasteiger partial charge < -0.3 is 23.8 Å². The molecule has 2 aromatic heterocycles. The lowest BCUT2D eigenvalue weighted by atomic mass is 10.1. The summed E-state index contributed by atoms with van der Waals surface area (Å²) >= 11 is 7.89. The summed E-state index contributed by atoms with van der Waals surface area (Å²) in [4.78, 5) is 3.48. The van der Waals surface area contributed by atoms with Gasteiger partial charge in [0.15, 0.2) is 0 Å². The van der Waals surface area contributed by atoms with Gasteiger partial charge in [0.1, 0.15) is 22.0 Å². The quantitative estimate of drug-likeness (QED) is 0.459. The summed E-state index contributed by atoms with van der Waals surface area (Å²) in [5.74, 6) is 1.89. The second kappa shape index (κ2) is 9.54. The van der Waals surface area contributed by atoms with E-state index in [-0.39, 0.29) is 0 Å². The van der Waals surface area contributed by atoms with Gasteiger partial charge in [-0.25, -0.2) is 4.52 Å². The number of hydrogen-bond acceptors (Lipinski definition) is 7. The third-order valence-electron chi connectivity index (χ3n) is 5.60. The van der Waals surface area contributed by atoms with Crippen molar-refractivity contribution in [2.24, 2.45) is 0 Å². The first-order chi connectivity index (χ1) is 15.1. The predicted octanol–water partition coefficient (Wildman–Crippen LogP) is 5.14. The SMILES string of the molecule is CCCN(c1c(OC)nn2c(-c3c(OC)cc(Cl)cc3OC)csc12)C1CCOCC1. The van der Waals surface area contributed by atoms with Crippen molar-refractivity contribution >= 4 is 33.5 Å². The van der Waals surface area contributed by atoms with Crippen LogP contribution in [0.2, 0.25) is 5.02 Å². The van der Waals surface area contributed by atoms with Gasteiger partial charge in [-0.15, -0.1) is 16.4 Å². The number of fused-ring (bicyclic) bond motifs is 1. The van der Waals surface area contributed by atoms with Crippen molar-refractivity contribution in [1.82, 2.24) is 9.61 Å². The summed E-state index contributed by atoms with van der Waals surface area (Å²) in [5, 5.41) is 7.46. The van der Waals surface area contributed by atoms with Crippen molar-refractivity contribution < 1.29 is 18.9 Å². The maximum absolute atomic E-state index is 6.26. The molecule has 0 radical (unpaired) electrons. The Labute approximate surface area is 191 Å². The van der Waals surface area contributed by atoms with Crippen LogP contribution in [0.1, 0.15) is 26.2 Å². The van der Waals surface area contributed by atoms with Gasteiger partial charge in [-0.1, -0.05) is 18.5 Å². The van der Waals surface area contributed by atoms with E-state index in [2.05, 4.69) is 17.2 Å². The molecule has 1 fully saturated rings. The smallest absolute Gasteiger partial charge is 0.258 e. The fraction of sp³-hybridized carbons (Fsp3) is 0.500. The highest BCUT2D eigenvalue weighted by Crippen LogP contribution is 2.46. The highest BCUT2D eigenvalue weighted by Gasteiger charge is 2.30. The normalized spacial score (nSPS) is 14.7. The van der Waals surface area contributed by atoms with Gasteiger partial charge in [-0.2, -0.15) is 0 Å². The molecule has 0 aliphatic carbocycles. The molecular formula is C22H28ClN3O4S. The standard InChI is InChI=1S/C22H28ClN3O4S/c1-5-8-25(15-6-9-30-10-7-15)20-21(29-4)24-26-16(13-31-22(20)26)19-17(27-2)11-14(23)12-18(19)28-3/h11-13,15H,5-10H2,1-4H3. The molecule has 0 spiro atoms. The number of halogens is 1. The molecule has 0 atom stereocenters. The van der Waals surface area contributed by atoms with Crippen LogP contribution in [0.3, 0.4) is 0 Å². The number of rotatable bonds is 8. The molecule has 1 aliphatic heterocycles. The molecule has 31 heavy (non-hydrogen) atoms. The number of methoxy groups -OCH3 is 3. The molecule has 4 rings (SSSR count). The maximum Gasteiger partial charge on any atom is 0.258 e. The Kier molecular flexibility index (Phi) is 6.79. The van der Waals surface area contributed by atoms with Crippen LogP contribution in [-0.2, 0) is 4.74 Å². The molecule has 0 bridgehead atoms. The van der Waals surface area contributed by atoms with Crippen molar-refractivity contribution in [3.63, 3.8) is 0 Å². The second-order valence-electron chi connectivity index (χ2n) is 7.42. The van der Waals surface area contributed by atoms with Gasteiger partial charge in [0, 0.05) is 36.2 Å². The van der Waals surface area contributed by atoms with E-state index in [0.717, 1.165) is 60.8 Å². The highest BCUT2D eigenvalue weighted by atomic mass is 35.5. The van der Waals surface area contributed by atoms with Crippen molar-refractivity contribution in [2.45, 2.75) is 32.2 Å². The molecule has 9 heteroatoms. The summed E-state index contributed by atoms with van der Waals surface area (Å²) in [6, 6.07) is 3.98. The van der Waals surface area contributed by atoms with Crippen molar-refractivity contribution in [2.75, 3.05) is 46.0 Å². The molecule has 1 saturated heterocycles. The topological polar surface area (TPSA) is 57.5 Å². The van der Waals surface area contributed by atoms with Gasteiger partial charge in [-0.3, -0.25) is 0 Å². The Balaban J connectivity index is 1.89. The van der Waals surface area contributed by atoms with Crippen LogP contribution in [0.25, 0.3) is 16.1 Å². The highest BCUT2D eigenvalue weighted by molar-refractivity contribution is 7.16. The van der Waals surface area contributed by atoms with E-state index in [1.165, 1.54) is 0 Å². The second-order valence-corrected chi connectivity index (χ2v) is 8.71. The largest absolute Gasteiger partial charge is 0.496 e. The minimum atomic E-state index is 0.403. The first-order valence-electron chi connectivity index (χ1n) is 10.4. The van der Waals surface area contributed by atoms with E-state index < -0.39 is 0 Å². The number of hydrogen-bond donors (Lipinski definition) is 0. The lowest BCUT2D eigenvalue weighted by Gasteiger charge is -2.35. The zero-order valence-corrected chi connectivity index (χ0v) is 19.9. The van der Waals surface area contributed by atoms with Crippen LogP contribution in [-0.4, -0.2) is 56.7 Å². The summed E-state index contributed by atoms with van der Waals surface area (Å²) < 4.78 is 24.5. The Bertz CT molecular complexity index is 1020. The molecule has 7 nitrogen and oxygen atoms in total. The van der Waals surface area contributed by atoms with Gasteiger partial charge in [0.25, 0.3) is 5.88 Å². The maximum atomic E-state index is 6.26. The Morgan fingerprint density at radius 1 is 1.16 bits per heavy atom. The molecule has 168 valence electrons. The van der Waals surface area contributed by atoms with Crippen molar-refractivity contribution in [3.8, 4) is 28.6 Å². The van der Waals surface area contributed by atoms with Crippen LogP contribution in [0.15, 0.2) is 17.5 Å². The first kappa shape index (κ1) is 22.0. The number of benzene rings is 1. The molecule has 0 saturated carbocycles. The van der Waals surface area contributed by atoms with Gasteiger partial charge in [0.2, 0.25) is 0 Å². The molecule has 0 N–H and O–H groups in total. The van der Waals surface area contributed by atoms with Crippen molar-refractivity contribution in [1.29, 1.82) is 0 Å². The van der Waals surface area contributed by atoms with Crippen LogP contribution < -0.4 is 19.1 Å². The van der Waals surface area contributed by atoms with E-state index >= 15 is 0 Å². The van der Waals surface area contributed by atoms with Gasteiger partial charge in [0.05, 0.1) is 32.6 Å². The molecular weight excluding hydrogens is 438 g/mol. The van der Waals surface area contributed by atoms with Crippen molar-refractivity contribution in [3.05, 3.63) is 22.5 Å². The Morgan fingerprint density at radius 2 is 1.84 bits per heavy atom. The summed E-state index contributed by atoms with van der Waals surface area (Å²) in [5.41, 5.74) is 2.73. The first-order valence-corrected chi connectivity index (χ1v) is 11.7. The molecule has 3 aromatic rings. The molecule has 3 heterocycles. The van der Waals surface area contributed by atoms with E-state index in [4.69, 9.17) is 35.6 Å². The number of aromatic nitrogens is 2. The molecule has 1 aromatic carbocycles. The summed E-state index contributed by atoms with van der Waals surface area (Å²) in [6.07, 6.45) is 3.03. The summed E-state index contributed by atoms with van der Waals surface area (Å²) in [6.45, 7) is 4.70. The average molecular weight is 466 g/mol. The predicted molar refractivity (Wildman–Crippen MR) is 125 cm³/mol. The van der Waals surface area contributed by atoms with Gasteiger partial charge >= 0.3 is 0 Å². The third kappa shape index (κ3) is 4.04. The van der Waals surface area contributed by atoms with E-state index in [9.17, 15) is 0 Å². The number of ether oxygens (including phenoxy) is 4. The van der Waals surface area contributed by atoms with Crippen LogP contribution in [0.4, 0.5) is 5.69 Å². The fourth-order valence-electron chi connectivity index (χ4n) is 4.20. The van der Waals surface area contributed by atoms with E-state index in [0.29, 0.717) is 28.4 Å². The Morgan fingerprint density at radius 3 is 2.42 bits per heavy atom. The van der Waals surface area contributed by atoms with E-state index in [1.54, 1.807) is 44.8 Å². The van der Waals surface area contributed by atoms with E-state index in [1.807, 2.05) is 4.52 Å². The molecule has 0 unspecified atom stereocenters. The fourth-order valence-corrected chi connectivity index (χ4v) is 5.40.